The molecule has 0 aliphatic rings. The minimum atomic E-state index is 0.109. The van der Waals surface area contributed by atoms with Crippen molar-refractivity contribution in [3.8, 4) is 0 Å². The van der Waals surface area contributed by atoms with Crippen molar-refractivity contribution in [2.24, 2.45) is 12.0 Å². The minimum Gasteiger partial charge on any atom is -0.356 e. The van der Waals surface area contributed by atoms with Gasteiger partial charge in [-0.2, -0.15) is 0 Å². The van der Waals surface area contributed by atoms with Crippen molar-refractivity contribution >= 4 is 11.9 Å². The molecule has 6 nitrogen and oxygen atoms in total. The largest absolute Gasteiger partial charge is 0.356 e. The lowest BCUT2D eigenvalue weighted by atomic mass is 10.3. The van der Waals surface area contributed by atoms with E-state index < -0.39 is 0 Å². The van der Waals surface area contributed by atoms with Crippen LogP contribution in [0.1, 0.15) is 12.1 Å². The quantitative estimate of drug-likeness (QED) is 0.631. The van der Waals surface area contributed by atoms with Crippen LogP contribution in [0.5, 0.6) is 0 Å². The third kappa shape index (κ3) is 4.60. The molecule has 1 amide bonds. The van der Waals surface area contributed by atoms with Crippen LogP contribution in [0.2, 0.25) is 0 Å². The summed E-state index contributed by atoms with van der Waals surface area (Å²) < 4.78 is 2.08. The third-order valence-corrected chi connectivity index (χ3v) is 3.14. The van der Waals surface area contributed by atoms with Gasteiger partial charge in [-0.05, 0) is 12.1 Å². The molecule has 1 heterocycles. The van der Waals surface area contributed by atoms with Crippen molar-refractivity contribution in [1.29, 1.82) is 0 Å². The maximum atomic E-state index is 11.5. The number of aryl methyl sites for hydroxylation is 1. The Balaban J connectivity index is 2.46. The first-order valence-corrected chi connectivity index (χ1v) is 6.68. The van der Waals surface area contributed by atoms with Crippen LogP contribution in [-0.4, -0.2) is 61.0 Å². The van der Waals surface area contributed by atoms with Crippen LogP contribution in [0.3, 0.4) is 0 Å². The van der Waals surface area contributed by atoms with Crippen LogP contribution in [0.4, 0.5) is 0 Å². The number of carbonyl (C=O) groups is 1. The van der Waals surface area contributed by atoms with Gasteiger partial charge in [-0.3, -0.25) is 9.79 Å². The smallest absolute Gasteiger partial charge is 0.223 e. The molecule has 0 bridgehead atoms. The number of aliphatic imine (C=N–C) groups is 1. The van der Waals surface area contributed by atoms with Crippen molar-refractivity contribution in [2.45, 2.75) is 13.0 Å². The van der Waals surface area contributed by atoms with Gasteiger partial charge in [0.05, 0.1) is 6.54 Å². The summed E-state index contributed by atoms with van der Waals surface area (Å²) in [7, 11) is 9.28. The summed E-state index contributed by atoms with van der Waals surface area (Å²) in [5.41, 5.74) is 1.21. The molecule has 1 rings (SSSR count). The molecule has 0 aliphatic heterocycles. The monoisotopic (exact) mass is 279 g/mol. The van der Waals surface area contributed by atoms with Crippen LogP contribution < -0.4 is 5.32 Å². The lowest BCUT2D eigenvalue weighted by molar-refractivity contribution is -0.128. The van der Waals surface area contributed by atoms with Gasteiger partial charge in [-0.15, -0.1) is 0 Å². The van der Waals surface area contributed by atoms with E-state index in [4.69, 9.17) is 0 Å². The maximum Gasteiger partial charge on any atom is 0.223 e. The molecule has 6 heteroatoms. The Morgan fingerprint density at radius 2 is 2.10 bits per heavy atom. The van der Waals surface area contributed by atoms with Gasteiger partial charge in [-0.1, -0.05) is 0 Å². The molecule has 1 aromatic heterocycles. The number of carbonyl (C=O) groups excluding carboxylic acids is 1. The third-order valence-electron chi connectivity index (χ3n) is 3.14. The van der Waals surface area contributed by atoms with Crippen molar-refractivity contribution < 1.29 is 4.79 Å². The average Bonchev–Trinajstić information content (AvgIpc) is 2.79. The molecular weight excluding hydrogens is 254 g/mol. The van der Waals surface area contributed by atoms with Crippen LogP contribution in [0, 0.1) is 0 Å². The Bertz CT molecular complexity index is 464. The van der Waals surface area contributed by atoms with Crippen LogP contribution in [0.25, 0.3) is 0 Å². The molecule has 20 heavy (non-hydrogen) atoms. The molecular formula is C14H25N5O. The molecule has 0 atom stereocenters. The second-order valence-electron chi connectivity index (χ2n) is 4.98. The topological polar surface area (TPSA) is 52.9 Å². The second-order valence-corrected chi connectivity index (χ2v) is 4.98. The lowest BCUT2D eigenvalue weighted by Crippen LogP contribution is -2.40. The average molecular weight is 279 g/mol. The molecule has 0 fully saturated rings. The first-order valence-electron chi connectivity index (χ1n) is 6.68. The highest BCUT2D eigenvalue weighted by molar-refractivity contribution is 5.81. The molecule has 0 unspecified atom stereocenters. The van der Waals surface area contributed by atoms with Crippen molar-refractivity contribution in [1.82, 2.24) is 19.7 Å². The normalized spacial score (nSPS) is 11.3. The van der Waals surface area contributed by atoms with Crippen LogP contribution >= 0.6 is 0 Å². The van der Waals surface area contributed by atoms with E-state index in [1.807, 2.05) is 31.3 Å². The summed E-state index contributed by atoms with van der Waals surface area (Å²) in [5.74, 6) is 0.899. The summed E-state index contributed by atoms with van der Waals surface area (Å²) in [5, 5.41) is 3.21. The molecule has 0 radical (unpaired) electrons. The van der Waals surface area contributed by atoms with E-state index in [-0.39, 0.29) is 5.91 Å². The van der Waals surface area contributed by atoms with E-state index in [0.717, 1.165) is 12.5 Å². The van der Waals surface area contributed by atoms with Gasteiger partial charge in [0.2, 0.25) is 5.91 Å². The summed E-state index contributed by atoms with van der Waals surface area (Å²) in [4.78, 5) is 19.4. The fourth-order valence-electron chi connectivity index (χ4n) is 1.87. The Hall–Kier alpha value is -1.98. The fourth-order valence-corrected chi connectivity index (χ4v) is 1.87. The number of amides is 1. The van der Waals surface area contributed by atoms with Gasteiger partial charge in [0.15, 0.2) is 5.96 Å². The molecule has 0 spiro atoms. The second kappa shape index (κ2) is 7.57. The molecule has 1 N–H and O–H groups in total. The van der Waals surface area contributed by atoms with Crippen molar-refractivity contribution in [2.75, 3.05) is 34.7 Å². The highest BCUT2D eigenvalue weighted by Crippen LogP contribution is 2.03. The summed E-state index contributed by atoms with van der Waals surface area (Å²) in [6.45, 7) is 1.35. The van der Waals surface area contributed by atoms with E-state index in [0.29, 0.717) is 13.0 Å². The van der Waals surface area contributed by atoms with E-state index in [1.54, 1.807) is 26.0 Å². The molecule has 0 saturated heterocycles. The Kier molecular flexibility index (Phi) is 6.09. The maximum absolute atomic E-state index is 11.5. The molecule has 0 saturated carbocycles. The Morgan fingerprint density at radius 3 is 2.60 bits per heavy atom. The zero-order chi connectivity index (χ0) is 15.1. The van der Waals surface area contributed by atoms with Gasteiger partial charge in [0.25, 0.3) is 0 Å². The first kappa shape index (κ1) is 16.1. The lowest BCUT2D eigenvalue weighted by Gasteiger charge is -2.22. The number of hydrogen-bond donors (Lipinski definition) is 1. The molecule has 0 aliphatic carbocycles. The van der Waals surface area contributed by atoms with E-state index in [2.05, 4.69) is 20.9 Å². The highest BCUT2D eigenvalue weighted by atomic mass is 16.2. The zero-order valence-electron chi connectivity index (χ0n) is 13.1. The molecule has 1 aromatic rings. The van der Waals surface area contributed by atoms with E-state index in [1.165, 1.54) is 5.69 Å². The van der Waals surface area contributed by atoms with E-state index in [9.17, 15) is 4.79 Å². The fraction of sp³-hybridized carbons (Fsp3) is 0.571. The van der Waals surface area contributed by atoms with Gasteiger partial charge in [-0.25, -0.2) is 0 Å². The predicted molar refractivity (Wildman–Crippen MR) is 81.6 cm³/mol. The number of rotatable bonds is 5. The van der Waals surface area contributed by atoms with Gasteiger partial charge >= 0.3 is 0 Å². The van der Waals surface area contributed by atoms with Crippen LogP contribution in [0.15, 0.2) is 23.3 Å². The number of nitrogens with zero attached hydrogens (tertiary/aromatic N) is 4. The van der Waals surface area contributed by atoms with Gasteiger partial charge < -0.3 is 19.7 Å². The minimum absolute atomic E-state index is 0.109. The molecule has 112 valence electrons. The number of aromatic nitrogens is 1. The van der Waals surface area contributed by atoms with Crippen LogP contribution in [-0.2, 0) is 18.4 Å². The summed E-state index contributed by atoms with van der Waals surface area (Å²) in [6, 6.07) is 4.11. The molecule has 0 aromatic carbocycles. The SMILES string of the molecule is CN=C(NCCC(=O)N(C)C)N(C)Cc1cccn1C. The Labute approximate surface area is 121 Å². The van der Waals surface area contributed by atoms with Gasteiger partial charge in [0.1, 0.15) is 0 Å². The van der Waals surface area contributed by atoms with Gasteiger partial charge in [0, 0.05) is 60.1 Å². The number of hydrogen-bond acceptors (Lipinski definition) is 2. The summed E-state index contributed by atoms with van der Waals surface area (Å²) >= 11 is 0. The summed E-state index contributed by atoms with van der Waals surface area (Å²) in [6.07, 6.45) is 2.49. The number of guanidine groups is 1. The highest BCUT2D eigenvalue weighted by Gasteiger charge is 2.09. The first-order chi connectivity index (χ1) is 9.45. The number of nitrogens with one attached hydrogen (secondary N) is 1. The predicted octanol–water partition coefficient (Wildman–Crippen LogP) is 0.511. The van der Waals surface area contributed by atoms with Crippen molar-refractivity contribution in [3.05, 3.63) is 24.0 Å². The Morgan fingerprint density at radius 1 is 1.40 bits per heavy atom. The standard InChI is InChI=1S/C14H25N5O/c1-15-14(16-9-8-13(20)17(2)3)19(5)11-12-7-6-10-18(12)4/h6-7,10H,8-9,11H2,1-5H3,(H,15,16). The zero-order valence-corrected chi connectivity index (χ0v) is 13.1. The van der Waals surface area contributed by atoms with Crippen molar-refractivity contribution in [3.63, 3.8) is 0 Å². The van der Waals surface area contributed by atoms with E-state index >= 15 is 0 Å².